The number of nitrogens with one attached hydrogen (secondary N) is 1. The number of hydrogen-bond donors (Lipinski definition) is 1. The lowest BCUT2D eigenvalue weighted by atomic mass is 9.95. The molecule has 3 heterocycles. The zero-order valence-electron chi connectivity index (χ0n) is 16.0. The Balaban J connectivity index is 1.77. The van der Waals surface area contributed by atoms with Gasteiger partial charge in [-0.15, -0.1) is 22.7 Å². The predicted octanol–water partition coefficient (Wildman–Crippen LogP) is 6.52. The summed E-state index contributed by atoms with van der Waals surface area (Å²) in [7, 11) is 0. The average Bonchev–Trinajstić information content (AvgIpc) is 3.43. The van der Waals surface area contributed by atoms with Crippen molar-refractivity contribution in [2.24, 2.45) is 0 Å². The molecular weight excluding hydrogens is 408 g/mol. The molecule has 1 aliphatic rings. The molecular formula is C22H23ClN2OS2. The molecule has 0 spiro atoms. The van der Waals surface area contributed by atoms with Gasteiger partial charge in [0.15, 0.2) is 0 Å². The highest BCUT2D eigenvalue weighted by molar-refractivity contribution is 7.17. The largest absolute Gasteiger partial charge is 0.313 e. The standard InChI is InChI=1S/C22H23ClN2OS2/c1-14-15(2)28-22(24-21(26)18-6-5-13-27-18)19(14)20(25-11-3-4-12-25)16-7-9-17(23)10-8-16/h5-10,13,20H,3-4,11-12H2,1-2H3,(H,24,26). The minimum Gasteiger partial charge on any atom is -0.313 e. The van der Waals surface area contributed by atoms with E-state index < -0.39 is 0 Å². The van der Waals surface area contributed by atoms with Gasteiger partial charge in [0, 0.05) is 15.5 Å². The van der Waals surface area contributed by atoms with Crippen LogP contribution in [0, 0.1) is 13.8 Å². The molecule has 28 heavy (non-hydrogen) atoms. The first-order chi connectivity index (χ1) is 13.5. The number of aryl methyl sites for hydroxylation is 1. The van der Waals surface area contributed by atoms with E-state index in [-0.39, 0.29) is 11.9 Å². The van der Waals surface area contributed by atoms with Crippen molar-refractivity contribution in [3.05, 3.63) is 73.2 Å². The number of amides is 1. The molecule has 1 saturated heterocycles. The van der Waals surface area contributed by atoms with Crippen LogP contribution in [0.1, 0.15) is 50.1 Å². The fourth-order valence-corrected chi connectivity index (χ4v) is 5.68. The van der Waals surface area contributed by atoms with Crippen molar-refractivity contribution < 1.29 is 4.79 Å². The van der Waals surface area contributed by atoms with Crippen LogP contribution >= 0.6 is 34.3 Å². The summed E-state index contributed by atoms with van der Waals surface area (Å²) in [6, 6.07) is 12.0. The van der Waals surface area contributed by atoms with E-state index in [0.717, 1.165) is 28.0 Å². The lowest BCUT2D eigenvalue weighted by Gasteiger charge is -2.29. The van der Waals surface area contributed by atoms with Gasteiger partial charge < -0.3 is 5.32 Å². The minimum absolute atomic E-state index is 0.0335. The van der Waals surface area contributed by atoms with Crippen LogP contribution in [0.15, 0.2) is 41.8 Å². The fraction of sp³-hybridized carbons (Fsp3) is 0.318. The summed E-state index contributed by atoms with van der Waals surface area (Å²) < 4.78 is 0. The maximum atomic E-state index is 12.7. The van der Waals surface area contributed by atoms with E-state index in [0.29, 0.717) is 0 Å². The van der Waals surface area contributed by atoms with Crippen LogP contribution in [-0.2, 0) is 0 Å². The third-order valence-corrected chi connectivity index (χ3v) is 7.63. The molecule has 1 unspecified atom stereocenters. The van der Waals surface area contributed by atoms with Crippen LogP contribution in [0.3, 0.4) is 0 Å². The van der Waals surface area contributed by atoms with Crippen LogP contribution in [0.25, 0.3) is 0 Å². The minimum atomic E-state index is -0.0335. The Hall–Kier alpha value is -1.66. The molecule has 1 fully saturated rings. The number of nitrogens with zero attached hydrogens (tertiary/aromatic N) is 1. The van der Waals surface area contributed by atoms with Gasteiger partial charge in [0.2, 0.25) is 0 Å². The second-order valence-corrected chi connectivity index (χ2v) is 9.76. The van der Waals surface area contributed by atoms with Gasteiger partial charge in [-0.05, 0) is 74.5 Å². The van der Waals surface area contributed by atoms with Crippen LogP contribution in [0.5, 0.6) is 0 Å². The number of benzene rings is 1. The smallest absolute Gasteiger partial charge is 0.266 e. The quantitative estimate of drug-likeness (QED) is 0.499. The van der Waals surface area contributed by atoms with Crippen LogP contribution in [0.4, 0.5) is 5.00 Å². The fourth-order valence-electron chi connectivity index (χ4n) is 3.84. The van der Waals surface area contributed by atoms with Gasteiger partial charge in [-0.3, -0.25) is 9.69 Å². The lowest BCUT2D eigenvalue weighted by molar-refractivity contribution is 0.103. The topological polar surface area (TPSA) is 32.3 Å². The molecule has 3 aromatic rings. The summed E-state index contributed by atoms with van der Waals surface area (Å²) in [5.41, 5.74) is 3.70. The van der Waals surface area contributed by atoms with Gasteiger partial charge >= 0.3 is 0 Å². The second kappa shape index (κ2) is 8.37. The second-order valence-electron chi connectivity index (χ2n) is 7.15. The SMILES string of the molecule is Cc1sc(NC(=O)c2cccs2)c(C(c2ccc(Cl)cc2)N2CCCC2)c1C. The molecule has 1 N–H and O–H groups in total. The first-order valence-corrected chi connectivity index (χ1v) is 11.6. The predicted molar refractivity (Wildman–Crippen MR) is 120 cm³/mol. The number of hydrogen-bond acceptors (Lipinski definition) is 4. The zero-order chi connectivity index (χ0) is 19.7. The summed E-state index contributed by atoms with van der Waals surface area (Å²) in [4.78, 5) is 17.3. The number of likely N-dealkylation sites (tertiary alicyclic amines) is 1. The highest BCUT2D eigenvalue weighted by Gasteiger charge is 2.31. The molecule has 6 heteroatoms. The van der Waals surface area contributed by atoms with Crippen molar-refractivity contribution in [3.63, 3.8) is 0 Å². The maximum absolute atomic E-state index is 12.7. The van der Waals surface area contributed by atoms with E-state index in [1.165, 1.54) is 45.7 Å². The van der Waals surface area contributed by atoms with Crippen molar-refractivity contribution in [1.82, 2.24) is 4.90 Å². The van der Waals surface area contributed by atoms with Crippen LogP contribution < -0.4 is 5.32 Å². The summed E-state index contributed by atoms with van der Waals surface area (Å²) in [5.74, 6) is -0.0335. The van der Waals surface area contributed by atoms with E-state index in [4.69, 9.17) is 11.6 Å². The summed E-state index contributed by atoms with van der Waals surface area (Å²) in [5, 5.41) is 6.83. The third kappa shape index (κ3) is 3.90. The Morgan fingerprint density at radius 2 is 1.86 bits per heavy atom. The van der Waals surface area contributed by atoms with Crippen molar-refractivity contribution in [1.29, 1.82) is 0 Å². The Bertz CT molecular complexity index is 957. The summed E-state index contributed by atoms with van der Waals surface area (Å²) in [6.45, 7) is 6.44. The lowest BCUT2D eigenvalue weighted by Crippen LogP contribution is -2.27. The average molecular weight is 431 g/mol. The summed E-state index contributed by atoms with van der Waals surface area (Å²) >= 11 is 9.29. The number of halogens is 1. The van der Waals surface area contributed by atoms with Crippen molar-refractivity contribution in [2.45, 2.75) is 32.7 Å². The number of rotatable bonds is 5. The molecule has 4 rings (SSSR count). The number of carbonyl (C=O) groups is 1. The third-order valence-electron chi connectivity index (χ3n) is 5.37. The van der Waals surface area contributed by atoms with Gasteiger partial charge in [0.1, 0.15) is 5.00 Å². The van der Waals surface area contributed by atoms with E-state index in [9.17, 15) is 4.79 Å². The molecule has 0 radical (unpaired) electrons. The van der Waals surface area contributed by atoms with E-state index in [1.54, 1.807) is 11.3 Å². The molecule has 1 amide bonds. The Morgan fingerprint density at radius 1 is 1.14 bits per heavy atom. The molecule has 1 aromatic carbocycles. The Kier molecular flexibility index (Phi) is 5.88. The van der Waals surface area contributed by atoms with Gasteiger partial charge in [-0.25, -0.2) is 0 Å². The zero-order valence-corrected chi connectivity index (χ0v) is 18.4. The molecule has 146 valence electrons. The molecule has 0 aliphatic carbocycles. The number of carbonyl (C=O) groups excluding carboxylic acids is 1. The highest BCUT2D eigenvalue weighted by Crippen LogP contribution is 2.43. The van der Waals surface area contributed by atoms with Crippen molar-refractivity contribution >= 4 is 45.2 Å². The number of anilines is 1. The first kappa shape index (κ1) is 19.6. The van der Waals surface area contributed by atoms with Crippen LogP contribution in [-0.4, -0.2) is 23.9 Å². The Labute approximate surface area is 179 Å². The molecule has 3 nitrogen and oxygen atoms in total. The van der Waals surface area contributed by atoms with Gasteiger partial charge in [-0.2, -0.15) is 0 Å². The van der Waals surface area contributed by atoms with Gasteiger partial charge in [-0.1, -0.05) is 29.8 Å². The maximum Gasteiger partial charge on any atom is 0.266 e. The molecule has 1 atom stereocenters. The van der Waals surface area contributed by atoms with E-state index in [2.05, 4.69) is 36.2 Å². The monoisotopic (exact) mass is 430 g/mol. The molecule has 1 aliphatic heterocycles. The van der Waals surface area contributed by atoms with Gasteiger partial charge in [0.05, 0.1) is 10.9 Å². The van der Waals surface area contributed by atoms with Crippen LogP contribution in [0.2, 0.25) is 5.02 Å². The van der Waals surface area contributed by atoms with Crippen molar-refractivity contribution in [2.75, 3.05) is 18.4 Å². The Morgan fingerprint density at radius 3 is 2.50 bits per heavy atom. The molecule has 0 bridgehead atoms. The van der Waals surface area contributed by atoms with E-state index in [1.807, 2.05) is 29.6 Å². The molecule has 0 saturated carbocycles. The number of thiophene rings is 2. The van der Waals surface area contributed by atoms with Gasteiger partial charge in [0.25, 0.3) is 5.91 Å². The molecule has 2 aromatic heterocycles. The first-order valence-electron chi connectivity index (χ1n) is 9.49. The van der Waals surface area contributed by atoms with Crippen molar-refractivity contribution in [3.8, 4) is 0 Å². The van der Waals surface area contributed by atoms with E-state index >= 15 is 0 Å². The normalized spacial score (nSPS) is 15.7. The summed E-state index contributed by atoms with van der Waals surface area (Å²) in [6.07, 6.45) is 2.42. The highest BCUT2D eigenvalue weighted by atomic mass is 35.5.